The van der Waals surface area contributed by atoms with Crippen LogP contribution in [0.1, 0.15) is 13.3 Å². The maximum absolute atomic E-state index is 11.9. The molecule has 0 fully saturated rings. The van der Waals surface area contributed by atoms with Crippen LogP contribution in [0.5, 0.6) is 0 Å². The number of carbonyl (C=O) groups is 2. The highest BCUT2D eigenvalue weighted by Crippen LogP contribution is 2.23. The van der Waals surface area contributed by atoms with Crippen molar-refractivity contribution in [3.63, 3.8) is 0 Å². The molecule has 1 aliphatic rings. The Bertz CT molecular complexity index is 333. The summed E-state index contributed by atoms with van der Waals surface area (Å²) >= 11 is 0. The summed E-state index contributed by atoms with van der Waals surface area (Å²) in [5.74, 6) is -0.489. The van der Waals surface area contributed by atoms with Gasteiger partial charge in [-0.15, -0.1) is 0 Å². The van der Waals surface area contributed by atoms with Crippen LogP contribution < -0.4 is 5.73 Å². The van der Waals surface area contributed by atoms with E-state index in [9.17, 15) is 9.59 Å². The maximum Gasteiger partial charge on any atom is 0.177 e. The molecule has 0 saturated heterocycles. The standard InChI is InChI=1S/C11H15NO3/c1-8(13)7-10(14)11(15-2)6-4-3-5-9(11)12/h3-6,9H,7,12H2,1-2H3. The van der Waals surface area contributed by atoms with Gasteiger partial charge in [-0.2, -0.15) is 0 Å². The third-order valence-electron chi connectivity index (χ3n) is 2.45. The first-order valence-corrected chi connectivity index (χ1v) is 4.72. The summed E-state index contributed by atoms with van der Waals surface area (Å²) in [5.41, 5.74) is 4.63. The number of nitrogens with two attached hydrogens (primary N) is 1. The molecule has 0 bridgehead atoms. The number of carbonyl (C=O) groups excluding carboxylic acids is 2. The van der Waals surface area contributed by atoms with Gasteiger partial charge in [-0.3, -0.25) is 9.59 Å². The Morgan fingerprint density at radius 2 is 2.13 bits per heavy atom. The van der Waals surface area contributed by atoms with E-state index >= 15 is 0 Å². The molecule has 4 heteroatoms. The fourth-order valence-electron chi connectivity index (χ4n) is 1.60. The van der Waals surface area contributed by atoms with Gasteiger partial charge >= 0.3 is 0 Å². The van der Waals surface area contributed by atoms with E-state index in [1.165, 1.54) is 14.0 Å². The van der Waals surface area contributed by atoms with Crippen LogP contribution in [0, 0.1) is 0 Å². The molecule has 0 aromatic rings. The summed E-state index contributed by atoms with van der Waals surface area (Å²) in [6.07, 6.45) is 6.58. The van der Waals surface area contributed by atoms with Crippen molar-refractivity contribution in [3.05, 3.63) is 24.3 Å². The van der Waals surface area contributed by atoms with E-state index in [0.717, 1.165) is 0 Å². The Labute approximate surface area is 88.8 Å². The number of rotatable bonds is 4. The zero-order chi connectivity index (χ0) is 11.5. The van der Waals surface area contributed by atoms with E-state index in [1.54, 1.807) is 24.3 Å². The Morgan fingerprint density at radius 1 is 1.47 bits per heavy atom. The van der Waals surface area contributed by atoms with Gasteiger partial charge in [0.2, 0.25) is 0 Å². The van der Waals surface area contributed by atoms with Gasteiger partial charge in [-0.25, -0.2) is 0 Å². The fraction of sp³-hybridized carbons (Fsp3) is 0.455. The topological polar surface area (TPSA) is 69.4 Å². The van der Waals surface area contributed by atoms with Gasteiger partial charge in [0.05, 0.1) is 12.5 Å². The summed E-state index contributed by atoms with van der Waals surface area (Å²) in [5, 5.41) is 0. The van der Waals surface area contributed by atoms with E-state index < -0.39 is 11.6 Å². The second-order valence-electron chi connectivity index (χ2n) is 3.57. The second kappa shape index (κ2) is 4.51. The second-order valence-corrected chi connectivity index (χ2v) is 3.57. The highest BCUT2D eigenvalue weighted by atomic mass is 16.5. The first-order valence-electron chi connectivity index (χ1n) is 4.72. The molecule has 0 aliphatic heterocycles. The van der Waals surface area contributed by atoms with Crippen molar-refractivity contribution >= 4 is 11.6 Å². The molecular weight excluding hydrogens is 194 g/mol. The maximum atomic E-state index is 11.9. The molecule has 0 aromatic heterocycles. The molecule has 2 atom stereocenters. The molecule has 0 aromatic carbocycles. The highest BCUT2D eigenvalue weighted by Gasteiger charge is 2.41. The lowest BCUT2D eigenvalue weighted by Crippen LogP contribution is -2.54. The smallest absolute Gasteiger partial charge is 0.177 e. The summed E-state index contributed by atoms with van der Waals surface area (Å²) in [6.45, 7) is 1.37. The van der Waals surface area contributed by atoms with Crippen LogP contribution in [0.2, 0.25) is 0 Å². The number of methoxy groups -OCH3 is 1. The molecule has 2 N–H and O–H groups in total. The van der Waals surface area contributed by atoms with E-state index in [0.29, 0.717) is 0 Å². The third kappa shape index (κ3) is 2.22. The molecule has 0 radical (unpaired) electrons. The van der Waals surface area contributed by atoms with Crippen LogP contribution in [0.25, 0.3) is 0 Å². The predicted octanol–water partition coefficient (Wildman–Crippen LogP) is 0.373. The van der Waals surface area contributed by atoms with Crippen LogP contribution in [0.4, 0.5) is 0 Å². The van der Waals surface area contributed by atoms with E-state index in [4.69, 9.17) is 10.5 Å². The van der Waals surface area contributed by atoms with Crippen LogP contribution >= 0.6 is 0 Å². The molecule has 0 spiro atoms. The van der Waals surface area contributed by atoms with Gasteiger partial charge in [0.15, 0.2) is 11.4 Å². The molecule has 0 heterocycles. The number of hydrogen-bond donors (Lipinski definition) is 1. The van der Waals surface area contributed by atoms with E-state index in [-0.39, 0.29) is 18.0 Å². The molecule has 0 amide bonds. The third-order valence-corrected chi connectivity index (χ3v) is 2.45. The van der Waals surface area contributed by atoms with Crippen LogP contribution in [0.15, 0.2) is 24.3 Å². The first-order chi connectivity index (χ1) is 7.03. The number of ether oxygens (including phenoxy) is 1. The van der Waals surface area contributed by atoms with Crippen molar-refractivity contribution in [3.8, 4) is 0 Å². The van der Waals surface area contributed by atoms with Gasteiger partial charge in [0, 0.05) is 7.11 Å². The minimum Gasteiger partial charge on any atom is -0.364 e. The van der Waals surface area contributed by atoms with Crippen molar-refractivity contribution in [1.82, 2.24) is 0 Å². The number of ketones is 2. The number of allylic oxidation sites excluding steroid dienone is 2. The molecule has 0 saturated carbocycles. The van der Waals surface area contributed by atoms with Gasteiger partial charge in [-0.05, 0) is 13.0 Å². The normalized spacial score (nSPS) is 29.1. The van der Waals surface area contributed by atoms with Gasteiger partial charge in [0.1, 0.15) is 5.78 Å². The van der Waals surface area contributed by atoms with Crippen molar-refractivity contribution in [2.24, 2.45) is 5.73 Å². The molecule has 4 nitrogen and oxygen atoms in total. The van der Waals surface area contributed by atoms with Crippen molar-refractivity contribution in [2.45, 2.75) is 25.0 Å². The molecule has 15 heavy (non-hydrogen) atoms. The molecular formula is C11H15NO3. The van der Waals surface area contributed by atoms with Crippen LogP contribution in [-0.4, -0.2) is 30.3 Å². The quantitative estimate of drug-likeness (QED) is 0.679. The zero-order valence-corrected chi connectivity index (χ0v) is 8.90. The molecule has 1 rings (SSSR count). The van der Waals surface area contributed by atoms with Crippen LogP contribution in [0.3, 0.4) is 0 Å². The summed E-state index contributed by atoms with van der Waals surface area (Å²) in [6, 6.07) is -0.542. The minimum atomic E-state index is -1.18. The zero-order valence-electron chi connectivity index (χ0n) is 8.90. The Morgan fingerprint density at radius 3 is 2.60 bits per heavy atom. The van der Waals surface area contributed by atoms with Crippen LogP contribution in [-0.2, 0) is 14.3 Å². The van der Waals surface area contributed by atoms with E-state index in [2.05, 4.69) is 0 Å². The SMILES string of the molecule is COC1(C(=O)CC(C)=O)C=CC=CC1N. The summed E-state index contributed by atoms with van der Waals surface area (Å²) < 4.78 is 5.19. The average Bonchev–Trinajstić information content (AvgIpc) is 2.17. The van der Waals surface area contributed by atoms with Gasteiger partial charge < -0.3 is 10.5 Å². The van der Waals surface area contributed by atoms with E-state index in [1.807, 2.05) is 0 Å². The molecule has 1 aliphatic carbocycles. The highest BCUT2D eigenvalue weighted by molar-refractivity contribution is 6.04. The predicted molar refractivity (Wildman–Crippen MR) is 56.3 cm³/mol. The molecule has 2 unspecified atom stereocenters. The Kier molecular flexibility index (Phi) is 3.55. The summed E-state index contributed by atoms with van der Waals surface area (Å²) in [7, 11) is 1.42. The largest absolute Gasteiger partial charge is 0.364 e. The molecule has 82 valence electrons. The Hall–Kier alpha value is -1.26. The Balaban J connectivity index is 2.94. The first kappa shape index (κ1) is 11.8. The monoisotopic (exact) mass is 209 g/mol. The lowest BCUT2D eigenvalue weighted by Gasteiger charge is -2.33. The lowest BCUT2D eigenvalue weighted by molar-refractivity contribution is -0.139. The summed E-state index contributed by atoms with van der Waals surface area (Å²) in [4.78, 5) is 22.8. The van der Waals surface area contributed by atoms with Gasteiger partial charge in [0.25, 0.3) is 0 Å². The minimum absolute atomic E-state index is 0.153. The number of Topliss-reactive ketones (excluding diaryl/α,β-unsaturated/α-hetero) is 2. The fourth-order valence-corrected chi connectivity index (χ4v) is 1.60. The number of hydrogen-bond acceptors (Lipinski definition) is 4. The van der Waals surface area contributed by atoms with Gasteiger partial charge in [-0.1, -0.05) is 18.2 Å². The lowest BCUT2D eigenvalue weighted by atomic mass is 9.84. The average molecular weight is 209 g/mol. The van der Waals surface area contributed by atoms with Crippen molar-refractivity contribution < 1.29 is 14.3 Å². The van der Waals surface area contributed by atoms with Crippen molar-refractivity contribution in [1.29, 1.82) is 0 Å². The van der Waals surface area contributed by atoms with Crippen molar-refractivity contribution in [2.75, 3.05) is 7.11 Å².